The van der Waals surface area contributed by atoms with Crippen molar-refractivity contribution in [3.8, 4) is 5.88 Å². The fourth-order valence-electron chi connectivity index (χ4n) is 7.75. The van der Waals surface area contributed by atoms with E-state index in [4.69, 9.17) is 41.6 Å². The van der Waals surface area contributed by atoms with Crippen molar-refractivity contribution >= 4 is 47.3 Å². The summed E-state index contributed by atoms with van der Waals surface area (Å²) in [6.45, 7) is 44.7. The normalized spacial score (nSPS) is 16.9. The van der Waals surface area contributed by atoms with Gasteiger partial charge in [0.15, 0.2) is 0 Å². The largest absolute Gasteiger partial charge is 0.492 e. The maximum Gasteiger partial charge on any atom is 0.286 e. The number of piperidine rings is 2. The molecule has 87 heavy (non-hydrogen) atoms. The predicted octanol–water partition coefficient (Wildman–Crippen LogP) is 10.0. The fourth-order valence-corrected chi connectivity index (χ4v) is 7.75. The Morgan fingerprint density at radius 2 is 0.954 bits per heavy atom. The molecule has 0 aliphatic carbocycles. The van der Waals surface area contributed by atoms with Gasteiger partial charge in [-0.3, -0.25) is 74.4 Å². The van der Waals surface area contributed by atoms with Crippen molar-refractivity contribution in [2.45, 2.75) is 208 Å². The van der Waals surface area contributed by atoms with Crippen molar-refractivity contribution in [3.05, 3.63) is 87.2 Å². The first-order valence-electron chi connectivity index (χ1n) is 28.7. The fraction of sp³-hybridized carbons (Fsp3) is 0.635. The molecular weight excluding hydrogens is 1130 g/mol. The number of nitrogens with zero attached hydrogens (tertiary/aromatic N) is 5. The molecule has 0 saturated carbocycles. The molecule has 1 unspecified atom stereocenters. The second-order valence-electron chi connectivity index (χ2n) is 29.0. The Morgan fingerprint density at radius 1 is 0.517 bits per heavy atom. The predicted molar refractivity (Wildman–Crippen MR) is 326 cm³/mol. The van der Waals surface area contributed by atoms with Crippen molar-refractivity contribution in [1.29, 1.82) is 0 Å². The zero-order valence-electron chi connectivity index (χ0n) is 55.7. The van der Waals surface area contributed by atoms with Gasteiger partial charge in [0.2, 0.25) is 23.6 Å². The van der Waals surface area contributed by atoms with Gasteiger partial charge in [-0.15, -0.1) is 4.73 Å². The van der Waals surface area contributed by atoms with Crippen LogP contribution in [0.3, 0.4) is 0 Å². The number of aromatic hydroxyl groups is 1. The van der Waals surface area contributed by atoms with E-state index in [0.717, 1.165) is 34.1 Å². The molecule has 1 aromatic carbocycles. The van der Waals surface area contributed by atoms with Gasteiger partial charge in [0, 0.05) is 63.4 Å². The highest BCUT2D eigenvalue weighted by atomic mass is 16.5. The second kappa shape index (κ2) is 34.6. The number of benzene rings is 1. The first kappa shape index (κ1) is 82.2. The van der Waals surface area contributed by atoms with E-state index in [9.17, 15) is 43.2 Å². The number of hydroxylamine groups is 10. The van der Waals surface area contributed by atoms with Gasteiger partial charge >= 0.3 is 0 Å². The molecule has 24 nitrogen and oxygen atoms in total. The zero-order valence-corrected chi connectivity index (χ0v) is 55.7. The molecule has 5 heterocycles. The van der Waals surface area contributed by atoms with Crippen molar-refractivity contribution < 1.29 is 79.9 Å². The smallest absolute Gasteiger partial charge is 0.286 e. The number of imide groups is 2. The summed E-state index contributed by atoms with van der Waals surface area (Å²) >= 11 is 0. The Hall–Kier alpha value is -6.83. The maximum absolute atomic E-state index is 11.1. The highest BCUT2D eigenvalue weighted by Crippen LogP contribution is 2.36. The summed E-state index contributed by atoms with van der Waals surface area (Å²) in [5, 5.41) is 71.7. The van der Waals surface area contributed by atoms with E-state index in [2.05, 4.69) is 92.6 Å². The zero-order chi connectivity index (χ0) is 68.8. The molecule has 0 bridgehead atoms. The number of carbonyl (C=O) groups excluding carboxylic acids is 8. The third-order valence-corrected chi connectivity index (χ3v) is 13.8. The van der Waals surface area contributed by atoms with Gasteiger partial charge in [0.1, 0.15) is 0 Å². The monoisotopic (exact) mass is 1230 g/mol. The van der Waals surface area contributed by atoms with E-state index in [1.807, 2.05) is 83.1 Å². The van der Waals surface area contributed by atoms with Crippen LogP contribution in [0.15, 0.2) is 70.6 Å². The lowest BCUT2D eigenvalue weighted by molar-refractivity contribution is -0.187. The van der Waals surface area contributed by atoms with Crippen LogP contribution >= 0.6 is 0 Å². The third kappa shape index (κ3) is 32.6. The molecule has 10 N–H and O–H groups in total. The molecule has 0 radical (unpaired) electrons. The molecule has 4 aliphatic rings. The van der Waals surface area contributed by atoms with Crippen LogP contribution in [0.4, 0.5) is 0 Å². The SMILES string of the molecule is CC(=O)NO.CC(C)(C)C1=CC(=O)N(O)C(=O)C1.CC(C)(C)C1=CC(=O)N(O)CC1.CC(C)(C)C1CC(=O)N(O)C(=O)C1.CC(C)(C)C1CCN(O)C(=O)C1.CC(C)(C)CC(=O)NO.CC(C)(C)c1cc(O)n(O)c(=O)c1.CC(C)(C)c1ccccc1. The van der Waals surface area contributed by atoms with Crippen molar-refractivity contribution in [2.75, 3.05) is 13.1 Å². The Bertz CT molecular complexity index is 2710. The van der Waals surface area contributed by atoms with Gasteiger partial charge in [-0.25, -0.2) is 21.1 Å². The van der Waals surface area contributed by atoms with Crippen LogP contribution in [0.25, 0.3) is 0 Å². The summed E-state index contributed by atoms with van der Waals surface area (Å²) in [5.41, 5.74) is 6.29. The van der Waals surface area contributed by atoms with Crippen LogP contribution in [0, 0.1) is 38.9 Å². The minimum Gasteiger partial charge on any atom is -0.492 e. The van der Waals surface area contributed by atoms with Crippen molar-refractivity contribution in [1.82, 2.24) is 35.9 Å². The number of aromatic nitrogens is 1. The number of rotatable bonds is 1. The Balaban J connectivity index is 0. The first-order valence-corrected chi connectivity index (χ1v) is 28.7. The molecule has 1 atom stereocenters. The summed E-state index contributed by atoms with van der Waals surface area (Å²) in [6.07, 6.45) is 6.00. The highest BCUT2D eigenvalue weighted by Gasteiger charge is 2.38. The quantitative estimate of drug-likeness (QED) is 0.0549. The average molecular weight is 1230 g/mol. The number of amides is 8. The van der Waals surface area contributed by atoms with E-state index in [-0.39, 0.29) is 90.2 Å². The summed E-state index contributed by atoms with van der Waals surface area (Å²) in [7, 11) is 0. The van der Waals surface area contributed by atoms with Gasteiger partial charge in [0.25, 0.3) is 35.1 Å². The minimum absolute atomic E-state index is 0.0379. The second-order valence-corrected chi connectivity index (χ2v) is 29.0. The van der Waals surface area contributed by atoms with E-state index < -0.39 is 41.0 Å². The van der Waals surface area contributed by atoms with Crippen LogP contribution in [0.2, 0.25) is 0 Å². The first-order chi connectivity index (χ1) is 39.1. The summed E-state index contributed by atoms with van der Waals surface area (Å²) in [4.78, 5) is 97.5. The van der Waals surface area contributed by atoms with Gasteiger partial charge in [-0.1, -0.05) is 181 Å². The minimum atomic E-state index is -0.652. The molecule has 24 heteroatoms. The van der Waals surface area contributed by atoms with E-state index in [1.165, 1.54) is 42.3 Å². The number of hydrogen-bond acceptors (Lipinski definition) is 17. The van der Waals surface area contributed by atoms with Crippen LogP contribution in [-0.4, -0.2) is 127 Å². The topological polar surface area (TPSA) is 357 Å². The Labute approximate surface area is 514 Å². The summed E-state index contributed by atoms with van der Waals surface area (Å²) in [6, 6.07) is 13.2. The summed E-state index contributed by atoms with van der Waals surface area (Å²) < 4.78 is 0.217. The average Bonchev–Trinajstić information content (AvgIpc) is 2.68. The number of hydrogen-bond donors (Lipinski definition) is 10. The molecule has 2 saturated heterocycles. The number of pyridine rings is 1. The molecule has 494 valence electrons. The number of nitrogens with one attached hydrogen (secondary N) is 2. The van der Waals surface area contributed by atoms with Gasteiger partial charge in [-0.05, 0) is 79.3 Å². The van der Waals surface area contributed by atoms with Crippen molar-refractivity contribution in [3.63, 3.8) is 0 Å². The van der Waals surface area contributed by atoms with E-state index in [0.29, 0.717) is 42.8 Å². The van der Waals surface area contributed by atoms with Gasteiger partial charge < -0.3 is 10.3 Å². The maximum atomic E-state index is 11.1. The van der Waals surface area contributed by atoms with Crippen molar-refractivity contribution in [2.24, 2.45) is 38.9 Å². The Kier molecular flexibility index (Phi) is 32.7. The molecule has 2 aromatic rings. The van der Waals surface area contributed by atoms with E-state index in [1.54, 1.807) is 5.48 Å². The molecule has 2 fully saturated rings. The molecule has 6 rings (SSSR count). The highest BCUT2D eigenvalue weighted by molar-refractivity contribution is 6.04. The lowest BCUT2D eigenvalue weighted by Gasteiger charge is -2.35. The lowest BCUT2D eigenvalue weighted by Crippen LogP contribution is -2.44. The van der Waals surface area contributed by atoms with Gasteiger partial charge in [0.05, 0.1) is 13.0 Å². The molecule has 4 aliphatic heterocycles. The van der Waals surface area contributed by atoms with Gasteiger partial charge in [-0.2, -0.15) is 10.1 Å². The van der Waals surface area contributed by atoms with Crippen LogP contribution in [-0.2, 0) is 49.2 Å². The molecule has 1 aromatic heterocycles. The number of carbonyl (C=O) groups is 8. The summed E-state index contributed by atoms with van der Waals surface area (Å²) in [5.74, 6) is -3.38. The standard InChI is InChI=1S/C10H14.C9H15NO3.2C9H13NO3.C9H17NO2.C9H15NO2.C6H13NO2.C2H5NO2/c1-10(2,3)9-7-5-4-6-8-9;3*1-9(2,3)6-4-7(11)10(13)8(12)5-6;2*1-9(2,3)7-4-5-10(12)8(11)6-7;1-6(2,3)4-5(8)7-9;1-2(4)3-5/h4-8H,1-3H3;6,13H,4-5H2,1-3H3;4,13H,5H2,1-3H3;4-5,11,13H,1-3H3;7,12H,4-6H2,1-3H3;6,12H,4-5H2,1-3H3;9H,4H2,1-3H3,(H,7,8);5H,1H3,(H,3,4). The Morgan fingerprint density at radius 3 is 1.28 bits per heavy atom. The molecule has 8 amide bonds. The molecule has 0 spiro atoms. The van der Waals surface area contributed by atoms with Crippen LogP contribution in [0.5, 0.6) is 5.88 Å². The van der Waals surface area contributed by atoms with Crippen LogP contribution in [0.1, 0.15) is 208 Å². The lowest BCUT2D eigenvalue weighted by atomic mass is 9.75. The van der Waals surface area contributed by atoms with E-state index >= 15 is 0 Å². The third-order valence-electron chi connectivity index (χ3n) is 13.8. The van der Waals surface area contributed by atoms with Crippen LogP contribution < -0.4 is 16.5 Å². The molecular formula is C63H105N7O17.